The van der Waals surface area contributed by atoms with Gasteiger partial charge in [-0.05, 0) is 25.6 Å². The number of anilines is 1. The molecule has 0 aliphatic heterocycles. The Morgan fingerprint density at radius 2 is 1.90 bits per heavy atom. The van der Waals surface area contributed by atoms with Crippen LogP contribution in [0.5, 0.6) is 0 Å². The summed E-state index contributed by atoms with van der Waals surface area (Å²) < 4.78 is 26.6. The van der Waals surface area contributed by atoms with E-state index in [1.165, 1.54) is 0 Å². The summed E-state index contributed by atoms with van der Waals surface area (Å²) in [5.41, 5.74) is 4.69. The lowest BCUT2D eigenvalue weighted by Crippen LogP contribution is -2.40. The van der Waals surface area contributed by atoms with Gasteiger partial charge in [-0.1, -0.05) is 13.8 Å². The van der Waals surface area contributed by atoms with Crippen molar-refractivity contribution in [1.29, 1.82) is 0 Å². The maximum Gasteiger partial charge on any atom is 0.254 e. The Morgan fingerprint density at radius 3 is 2.45 bits per heavy atom. The van der Waals surface area contributed by atoms with Gasteiger partial charge in [0.15, 0.2) is 0 Å². The van der Waals surface area contributed by atoms with Crippen LogP contribution in [0.25, 0.3) is 0 Å². The summed E-state index contributed by atoms with van der Waals surface area (Å²) in [6.07, 6.45) is 0. The Kier molecular flexibility index (Phi) is 5.05. The number of nitrogens with one attached hydrogen (secondary N) is 1. The molecule has 1 aromatic rings. The predicted octanol–water partition coefficient (Wildman–Crippen LogP) is 1.86. The first kappa shape index (κ1) is 16.4. The van der Waals surface area contributed by atoms with E-state index < -0.39 is 17.5 Å². The molecule has 1 aromatic carbocycles. The number of hydrogen-bond donors (Lipinski definition) is 2. The molecule has 0 heterocycles. The van der Waals surface area contributed by atoms with Crippen LogP contribution in [0.4, 0.5) is 14.5 Å². The van der Waals surface area contributed by atoms with E-state index in [4.69, 9.17) is 5.73 Å². The fourth-order valence-electron chi connectivity index (χ4n) is 2.07. The number of carbonyl (C=O) groups is 1. The lowest BCUT2D eigenvalue weighted by atomic mass is 9.93. The minimum absolute atomic E-state index is 0.165. The van der Waals surface area contributed by atoms with E-state index in [0.29, 0.717) is 12.6 Å². The molecule has 6 heteroatoms. The number of nitrogens with two attached hydrogens (primary N) is 1. The van der Waals surface area contributed by atoms with Crippen molar-refractivity contribution in [2.75, 3.05) is 32.9 Å². The summed E-state index contributed by atoms with van der Waals surface area (Å²) in [6, 6.07) is 1.63. The first-order chi connectivity index (χ1) is 9.12. The molecule has 1 rings (SSSR count). The van der Waals surface area contributed by atoms with Gasteiger partial charge in [0.25, 0.3) is 5.91 Å². The van der Waals surface area contributed by atoms with Crippen molar-refractivity contribution in [2.24, 2.45) is 5.41 Å². The molecule has 4 nitrogen and oxygen atoms in total. The standard InChI is InChI=1S/C14H21F2N3O/c1-14(2,8-19(3)4)7-18-13(20)9-5-12(17)11(16)6-10(9)15/h5-6H,7-8,17H2,1-4H3,(H,18,20). The second-order valence-electron chi connectivity index (χ2n) is 5.94. The molecule has 3 N–H and O–H groups in total. The van der Waals surface area contributed by atoms with E-state index in [0.717, 1.165) is 12.6 Å². The molecule has 0 spiro atoms. The smallest absolute Gasteiger partial charge is 0.254 e. The number of rotatable bonds is 5. The maximum atomic E-state index is 13.5. The highest BCUT2D eigenvalue weighted by Gasteiger charge is 2.21. The van der Waals surface area contributed by atoms with E-state index in [-0.39, 0.29) is 16.7 Å². The third-order valence-electron chi connectivity index (χ3n) is 2.80. The number of amides is 1. The Morgan fingerprint density at radius 1 is 1.30 bits per heavy atom. The molecule has 0 aliphatic carbocycles. The summed E-state index contributed by atoms with van der Waals surface area (Å²) in [4.78, 5) is 13.9. The van der Waals surface area contributed by atoms with Crippen LogP contribution in [-0.2, 0) is 0 Å². The zero-order chi connectivity index (χ0) is 15.5. The van der Waals surface area contributed by atoms with Crippen LogP contribution in [0.15, 0.2) is 12.1 Å². The van der Waals surface area contributed by atoms with Crippen LogP contribution in [0, 0.1) is 17.0 Å². The quantitative estimate of drug-likeness (QED) is 0.812. The molecule has 0 unspecified atom stereocenters. The van der Waals surface area contributed by atoms with Crippen LogP contribution >= 0.6 is 0 Å². The minimum Gasteiger partial charge on any atom is -0.396 e. The van der Waals surface area contributed by atoms with Crippen LogP contribution in [0.2, 0.25) is 0 Å². The first-order valence-corrected chi connectivity index (χ1v) is 6.30. The van der Waals surface area contributed by atoms with E-state index in [1.807, 2.05) is 32.8 Å². The fraction of sp³-hybridized carbons (Fsp3) is 0.500. The molecule has 20 heavy (non-hydrogen) atoms. The lowest BCUT2D eigenvalue weighted by Gasteiger charge is -2.28. The topological polar surface area (TPSA) is 58.4 Å². The third-order valence-corrected chi connectivity index (χ3v) is 2.80. The molecule has 0 radical (unpaired) electrons. The molecule has 1 amide bonds. The van der Waals surface area contributed by atoms with Gasteiger partial charge < -0.3 is 16.0 Å². The second kappa shape index (κ2) is 6.17. The molecule has 112 valence electrons. The van der Waals surface area contributed by atoms with Crippen LogP contribution in [-0.4, -0.2) is 38.0 Å². The monoisotopic (exact) mass is 285 g/mol. The second-order valence-corrected chi connectivity index (χ2v) is 5.94. The zero-order valence-electron chi connectivity index (χ0n) is 12.3. The molecule has 0 bridgehead atoms. The summed E-state index contributed by atoms with van der Waals surface area (Å²) >= 11 is 0. The van der Waals surface area contributed by atoms with Crippen molar-refractivity contribution in [2.45, 2.75) is 13.8 Å². The Labute approximate surface area is 117 Å². The highest BCUT2D eigenvalue weighted by Crippen LogP contribution is 2.18. The van der Waals surface area contributed by atoms with Crippen molar-refractivity contribution in [3.05, 3.63) is 29.3 Å². The summed E-state index contributed by atoms with van der Waals surface area (Å²) in [6.45, 7) is 5.12. The van der Waals surface area contributed by atoms with Crippen molar-refractivity contribution >= 4 is 11.6 Å². The lowest BCUT2D eigenvalue weighted by molar-refractivity contribution is 0.0925. The van der Waals surface area contributed by atoms with Gasteiger partial charge in [0.1, 0.15) is 11.6 Å². The largest absolute Gasteiger partial charge is 0.396 e. The average molecular weight is 285 g/mol. The third kappa shape index (κ3) is 4.45. The minimum atomic E-state index is -0.917. The van der Waals surface area contributed by atoms with Gasteiger partial charge in [0.2, 0.25) is 0 Å². The molecule has 0 atom stereocenters. The number of nitrogen functional groups attached to an aromatic ring is 1. The number of nitrogens with zero attached hydrogens (tertiary/aromatic N) is 1. The molecular weight excluding hydrogens is 264 g/mol. The van der Waals surface area contributed by atoms with Crippen LogP contribution in [0.1, 0.15) is 24.2 Å². The van der Waals surface area contributed by atoms with E-state index in [1.54, 1.807) is 0 Å². The van der Waals surface area contributed by atoms with Gasteiger partial charge in [0.05, 0.1) is 11.3 Å². The fourth-order valence-corrected chi connectivity index (χ4v) is 2.07. The number of halogens is 2. The van der Waals surface area contributed by atoms with Gasteiger partial charge in [-0.25, -0.2) is 8.78 Å². The summed E-state index contributed by atoms with van der Waals surface area (Å²) in [7, 11) is 3.87. The number of carbonyl (C=O) groups excluding carboxylic acids is 1. The Bertz CT molecular complexity index is 501. The average Bonchev–Trinajstić information content (AvgIpc) is 2.29. The highest BCUT2D eigenvalue weighted by atomic mass is 19.1. The van der Waals surface area contributed by atoms with E-state index in [9.17, 15) is 13.6 Å². The Balaban J connectivity index is 2.75. The van der Waals surface area contributed by atoms with Crippen molar-refractivity contribution in [1.82, 2.24) is 10.2 Å². The van der Waals surface area contributed by atoms with Gasteiger partial charge in [0, 0.05) is 19.2 Å². The summed E-state index contributed by atoms with van der Waals surface area (Å²) in [5.74, 6) is -2.38. The molecule has 0 aromatic heterocycles. The molecule has 0 aliphatic rings. The molecule has 0 saturated carbocycles. The van der Waals surface area contributed by atoms with Gasteiger partial charge in [-0.15, -0.1) is 0 Å². The highest BCUT2D eigenvalue weighted by molar-refractivity contribution is 5.95. The SMILES string of the molecule is CN(C)CC(C)(C)CNC(=O)c1cc(N)c(F)cc1F. The normalized spacial score (nSPS) is 11.8. The van der Waals surface area contributed by atoms with Crippen molar-refractivity contribution in [3.63, 3.8) is 0 Å². The number of hydrogen-bond acceptors (Lipinski definition) is 3. The number of benzene rings is 1. The first-order valence-electron chi connectivity index (χ1n) is 6.30. The molecule has 0 fully saturated rings. The van der Waals surface area contributed by atoms with E-state index in [2.05, 4.69) is 5.32 Å². The van der Waals surface area contributed by atoms with E-state index >= 15 is 0 Å². The van der Waals surface area contributed by atoms with Gasteiger partial charge >= 0.3 is 0 Å². The Hall–Kier alpha value is -1.69. The summed E-state index contributed by atoms with van der Waals surface area (Å²) in [5, 5.41) is 2.65. The van der Waals surface area contributed by atoms with Crippen LogP contribution in [0.3, 0.4) is 0 Å². The van der Waals surface area contributed by atoms with Crippen molar-refractivity contribution in [3.8, 4) is 0 Å². The zero-order valence-corrected chi connectivity index (χ0v) is 12.3. The molecular formula is C14H21F2N3O. The maximum absolute atomic E-state index is 13.5. The van der Waals surface area contributed by atoms with Gasteiger partial charge in [-0.3, -0.25) is 4.79 Å². The molecule has 0 saturated heterocycles. The van der Waals surface area contributed by atoms with Gasteiger partial charge in [-0.2, -0.15) is 0 Å². The van der Waals surface area contributed by atoms with Crippen molar-refractivity contribution < 1.29 is 13.6 Å². The van der Waals surface area contributed by atoms with Crippen LogP contribution < -0.4 is 11.1 Å². The predicted molar refractivity (Wildman–Crippen MR) is 75.4 cm³/mol.